The number of benzene rings is 1. The molecule has 3 heteroatoms. The zero-order chi connectivity index (χ0) is 11.3. The van der Waals surface area contributed by atoms with Gasteiger partial charge in [0.1, 0.15) is 0 Å². The topological polar surface area (TPSA) is 46.2 Å². The van der Waals surface area contributed by atoms with Crippen molar-refractivity contribution in [3.05, 3.63) is 35.9 Å². The standard InChI is InChI=1S/C12H19NOS/c1-12(2,13)9-15-8-11(14)10-6-4-3-5-7-10/h3-7,11,14H,8-9,13H2,1-2H3. The van der Waals surface area contributed by atoms with E-state index in [1.165, 1.54) is 0 Å². The second-order valence-corrected chi connectivity index (χ2v) is 5.46. The smallest absolute Gasteiger partial charge is 0.0880 e. The number of aliphatic hydroxyl groups is 1. The molecular formula is C12H19NOS. The molecule has 0 aromatic heterocycles. The molecule has 1 atom stereocenters. The molecule has 0 aliphatic rings. The third-order valence-corrected chi connectivity index (χ3v) is 3.43. The number of hydrogen-bond donors (Lipinski definition) is 2. The Morgan fingerprint density at radius 1 is 1.33 bits per heavy atom. The van der Waals surface area contributed by atoms with Crippen molar-refractivity contribution in [1.29, 1.82) is 0 Å². The van der Waals surface area contributed by atoms with Gasteiger partial charge in [-0.15, -0.1) is 0 Å². The minimum absolute atomic E-state index is 0.166. The molecule has 1 rings (SSSR count). The summed E-state index contributed by atoms with van der Waals surface area (Å²) < 4.78 is 0. The molecule has 0 amide bonds. The maximum atomic E-state index is 9.86. The van der Waals surface area contributed by atoms with Crippen molar-refractivity contribution < 1.29 is 5.11 Å². The number of thioether (sulfide) groups is 1. The third-order valence-electron chi connectivity index (χ3n) is 1.93. The van der Waals surface area contributed by atoms with E-state index in [2.05, 4.69) is 0 Å². The SMILES string of the molecule is CC(C)(N)CSCC(O)c1ccccc1. The van der Waals surface area contributed by atoms with Gasteiger partial charge >= 0.3 is 0 Å². The number of rotatable bonds is 5. The molecule has 0 spiro atoms. The lowest BCUT2D eigenvalue weighted by molar-refractivity contribution is 0.204. The van der Waals surface area contributed by atoms with Crippen LogP contribution in [0.5, 0.6) is 0 Å². The fourth-order valence-electron chi connectivity index (χ4n) is 1.21. The van der Waals surface area contributed by atoms with E-state index in [0.29, 0.717) is 5.75 Å². The molecule has 0 aliphatic heterocycles. The second kappa shape index (κ2) is 5.54. The van der Waals surface area contributed by atoms with Crippen molar-refractivity contribution in [3.8, 4) is 0 Å². The van der Waals surface area contributed by atoms with Gasteiger partial charge in [0, 0.05) is 17.0 Å². The summed E-state index contributed by atoms with van der Waals surface area (Å²) in [5, 5.41) is 9.86. The van der Waals surface area contributed by atoms with Gasteiger partial charge in [0.05, 0.1) is 6.10 Å². The third kappa shape index (κ3) is 5.21. The average Bonchev–Trinajstić information content (AvgIpc) is 2.17. The molecule has 0 radical (unpaired) electrons. The normalized spacial score (nSPS) is 13.9. The fraction of sp³-hybridized carbons (Fsp3) is 0.500. The molecule has 0 bridgehead atoms. The number of aliphatic hydroxyl groups excluding tert-OH is 1. The van der Waals surface area contributed by atoms with Gasteiger partial charge in [0.2, 0.25) is 0 Å². The molecule has 0 aliphatic carbocycles. The zero-order valence-corrected chi connectivity index (χ0v) is 10.1. The molecule has 0 saturated carbocycles. The summed E-state index contributed by atoms with van der Waals surface area (Å²) in [4.78, 5) is 0. The predicted octanol–water partition coefficient (Wildman–Crippen LogP) is 2.19. The monoisotopic (exact) mass is 225 g/mol. The summed E-state index contributed by atoms with van der Waals surface area (Å²) >= 11 is 1.69. The Morgan fingerprint density at radius 2 is 1.93 bits per heavy atom. The highest BCUT2D eigenvalue weighted by atomic mass is 32.2. The largest absolute Gasteiger partial charge is 0.388 e. The highest BCUT2D eigenvalue weighted by Crippen LogP contribution is 2.19. The van der Waals surface area contributed by atoms with E-state index in [4.69, 9.17) is 5.73 Å². The Hall–Kier alpha value is -0.510. The van der Waals surface area contributed by atoms with Gasteiger partial charge in [-0.2, -0.15) is 11.8 Å². The van der Waals surface area contributed by atoms with Crippen LogP contribution in [0.4, 0.5) is 0 Å². The van der Waals surface area contributed by atoms with Crippen LogP contribution in [0.15, 0.2) is 30.3 Å². The summed E-state index contributed by atoms with van der Waals surface area (Å²) in [7, 11) is 0. The van der Waals surface area contributed by atoms with Crippen molar-refractivity contribution in [3.63, 3.8) is 0 Å². The van der Waals surface area contributed by atoms with Crippen LogP contribution >= 0.6 is 11.8 Å². The van der Waals surface area contributed by atoms with E-state index in [-0.39, 0.29) is 5.54 Å². The van der Waals surface area contributed by atoms with Crippen LogP contribution in [0.2, 0.25) is 0 Å². The Kier molecular flexibility index (Phi) is 4.64. The highest BCUT2D eigenvalue weighted by Gasteiger charge is 2.12. The van der Waals surface area contributed by atoms with Gasteiger partial charge in [-0.25, -0.2) is 0 Å². The van der Waals surface area contributed by atoms with E-state index >= 15 is 0 Å². The molecule has 0 heterocycles. The Bertz CT molecular complexity index is 281. The van der Waals surface area contributed by atoms with E-state index in [0.717, 1.165) is 11.3 Å². The van der Waals surface area contributed by atoms with Crippen molar-refractivity contribution in [1.82, 2.24) is 0 Å². The highest BCUT2D eigenvalue weighted by molar-refractivity contribution is 7.99. The van der Waals surface area contributed by atoms with Crippen LogP contribution in [0.3, 0.4) is 0 Å². The van der Waals surface area contributed by atoms with Crippen LogP contribution in [0.25, 0.3) is 0 Å². The minimum atomic E-state index is -0.390. The molecule has 1 unspecified atom stereocenters. The summed E-state index contributed by atoms with van der Waals surface area (Å²) in [6.45, 7) is 3.99. The molecular weight excluding hydrogens is 206 g/mol. The Labute approximate surface area is 95.9 Å². The van der Waals surface area contributed by atoms with Crippen molar-refractivity contribution in [2.24, 2.45) is 5.73 Å². The quantitative estimate of drug-likeness (QED) is 0.807. The van der Waals surface area contributed by atoms with Crippen LogP contribution in [-0.4, -0.2) is 22.2 Å². The number of nitrogens with two attached hydrogens (primary N) is 1. The molecule has 0 fully saturated rings. The first-order chi connectivity index (χ1) is 6.99. The molecule has 1 aromatic rings. The van der Waals surface area contributed by atoms with E-state index < -0.39 is 6.10 Å². The Balaban J connectivity index is 2.34. The van der Waals surface area contributed by atoms with Crippen LogP contribution in [-0.2, 0) is 0 Å². The molecule has 0 saturated heterocycles. The van der Waals surface area contributed by atoms with Gasteiger partial charge in [-0.3, -0.25) is 0 Å². The molecule has 3 N–H and O–H groups in total. The maximum absolute atomic E-state index is 9.86. The lowest BCUT2D eigenvalue weighted by Gasteiger charge is -2.19. The minimum Gasteiger partial charge on any atom is -0.388 e. The van der Waals surface area contributed by atoms with Gasteiger partial charge < -0.3 is 10.8 Å². The summed E-state index contributed by atoms with van der Waals surface area (Å²) in [6, 6.07) is 9.72. The molecule has 15 heavy (non-hydrogen) atoms. The van der Waals surface area contributed by atoms with Crippen LogP contribution < -0.4 is 5.73 Å². The number of hydrogen-bond acceptors (Lipinski definition) is 3. The first-order valence-corrected chi connectivity index (χ1v) is 6.24. The lowest BCUT2D eigenvalue weighted by Crippen LogP contribution is -2.35. The lowest BCUT2D eigenvalue weighted by atomic mass is 10.1. The fourth-order valence-corrected chi connectivity index (χ4v) is 2.26. The second-order valence-electron chi connectivity index (χ2n) is 4.43. The van der Waals surface area contributed by atoms with Gasteiger partial charge in [-0.05, 0) is 19.4 Å². The summed E-state index contributed by atoms with van der Waals surface area (Å²) in [5.74, 6) is 1.56. The van der Waals surface area contributed by atoms with Crippen LogP contribution in [0, 0.1) is 0 Å². The van der Waals surface area contributed by atoms with Gasteiger partial charge in [0.25, 0.3) is 0 Å². The van der Waals surface area contributed by atoms with Crippen molar-refractivity contribution in [2.45, 2.75) is 25.5 Å². The molecule has 1 aromatic carbocycles. The van der Waals surface area contributed by atoms with E-state index in [9.17, 15) is 5.11 Å². The Morgan fingerprint density at radius 3 is 2.47 bits per heavy atom. The van der Waals surface area contributed by atoms with Crippen molar-refractivity contribution >= 4 is 11.8 Å². The predicted molar refractivity (Wildman–Crippen MR) is 67.0 cm³/mol. The summed E-state index contributed by atoms with van der Waals surface area (Å²) in [5.41, 5.74) is 6.66. The maximum Gasteiger partial charge on any atom is 0.0880 e. The van der Waals surface area contributed by atoms with Gasteiger partial charge in [0.15, 0.2) is 0 Å². The summed E-state index contributed by atoms with van der Waals surface area (Å²) in [6.07, 6.45) is -0.390. The first kappa shape index (κ1) is 12.6. The zero-order valence-electron chi connectivity index (χ0n) is 9.31. The van der Waals surface area contributed by atoms with E-state index in [1.807, 2.05) is 44.2 Å². The van der Waals surface area contributed by atoms with Gasteiger partial charge in [-0.1, -0.05) is 30.3 Å². The average molecular weight is 225 g/mol. The first-order valence-electron chi connectivity index (χ1n) is 5.09. The molecule has 84 valence electrons. The van der Waals surface area contributed by atoms with Crippen molar-refractivity contribution in [2.75, 3.05) is 11.5 Å². The van der Waals surface area contributed by atoms with Crippen LogP contribution in [0.1, 0.15) is 25.5 Å². The molecule has 2 nitrogen and oxygen atoms in total. The van der Waals surface area contributed by atoms with E-state index in [1.54, 1.807) is 11.8 Å².